The van der Waals surface area contributed by atoms with Gasteiger partial charge in [0.25, 0.3) is 0 Å². The molecule has 1 unspecified atom stereocenters. The monoisotopic (exact) mass is 315 g/mol. The summed E-state index contributed by atoms with van der Waals surface area (Å²) in [6.45, 7) is 2.03. The van der Waals surface area contributed by atoms with Gasteiger partial charge in [0.1, 0.15) is 9.88 Å². The largest absolute Gasteiger partial charge is 0.465 e. The summed E-state index contributed by atoms with van der Waals surface area (Å²) < 4.78 is 4.77. The number of hydrogen-bond donors (Lipinski definition) is 2. The van der Waals surface area contributed by atoms with E-state index in [4.69, 9.17) is 10.5 Å². The normalized spacial score (nSPS) is 19.2. The molecule has 1 aromatic rings. The van der Waals surface area contributed by atoms with Gasteiger partial charge in [-0.05, 0) is 32.7 Å². The fraction of sp³-hybridized carbons (Fsp3) is 0.615. The summed E-state index contributed by atoms with van der Waals surface area (Å²) in [5, 5.41) is 4.41. The zero-order valence-electron chi connectivity index (χ0n) is 12.1. The van der Waals surface area contributed by atoms with Crippen molar-refractivity contribution in [2.45, 2.75) is 23.8 Å². The van der Waals surface area contributed by atoms with E-state index >= 15 is 0 Å². The van der Waals surface area contributed by atoms with E-state index in [1.807, 2.05) is 6.26 Å². The lowest BCUT2D eigenvalue weighted by molar-refractivity contribution is 0.0607. The molecule has 1 saturated heterocycles. The SMILES string of the molecule is COC(=O)c1sc(NCC2CCCN2C)c(SC)c1N. The zero-order chi connectivity index (χ0) is 14.7. The number of anilines is 2. The molecule has 1 fully saturated rings. The lowest BCUT2D eigenvalue weighted by Gasteiger charge is -2.20. The summed E-state index contributed by atoms with van der Waals surface area (Å²) >= 11 is 2.93. The van der Waals surface area contributed by atoms with Crippen molar-refractivity contribution in [3.05, 3.63) is 4.88 Å². The smallest absolute Gasteiger partial charge is 0.350 e. The maximum Gasteiger partial charge on any atom is 0.350 e. The number of ether oxygens (including phenoxy) is 1. The summed E-state index contributed by atoms with van der Waals surface area (Å²) in [5.41, 5.74) is 6.57. The number of thioether (sulfide) groups is 1. The Balaban J connectivity index is 2.12. The van der Waals surface area contributed by atoms with Crippen LogP contribution >= 0.6 is 23.1 Å². The lowest BCUT2D eigenvalue weighted by atomic mass is 10.2. The number of nitrogens with two attached hydrogens (primary N) is 1. The van der Waals surface area contributed by atoms with Gasteiger partial charge >= 0.3 is 5.97 Å². The van der Waals surface area contributed by atoms with E-state index in [9.17, 15) is 4.79 Å². The highest BCUT2D eigenvalue weighted by Gasteiger charge is 2.24. The number of hydrogen-bond acceptors (Lipinski definition) is 7. The third kappa shape index (κ3) is 3.05. The quantitative estimate of drug-likeness (QED) is 0.642. The van der Waals surface area contributed by atoms with Gasteiger partial charge in [-0.15, -0.1) is 23.1 Å². The van der Waals surface area contributed by atoms with Gasteiger partial charge in [0.2, 0.25) is 0 Å². The van der Waals surface area contributed by atoms with Crippen LogP contribution in [0, 0.1) is 0 Å². The van der Waals surface area contributed by atoms with Crippen LogP contribution in [0.5, 0.6) is 0 Å². The molecule has 0 bridgehead atoms. The Hall–Kier alpha value is -0.920. The minimum Gasteiger partial charge on any atom is -0.465 e. The Labute approximate surface area is 127 Å². The first-order chi connectivity index (χ1) is 9.58. The molecule has 2 rings (SSSR count). The summed E-state index contributed by atoms with van der Waals surface area (Å²) in [5.74, 6) is -0.367. The standard InChI is InChI=1S/C13H21N3O2S2/c1-16-6-4-5-8(16)7-15-12-10(19-3)9(14)11(20-12)13(17)18-2/h8,15H,4-7,14H2,1-3H3. The van der Waals surface area contributed by atoms with Crippen LogP contribution in [0.4, 0.5) is 10.7 Å². The Kier molecular flexibility index (Phi) is 5.17. The second kappa shape index (κ2) is 6.69. The van der Waals surface area contributed by atoms with E-state index in [0.29, 0.717) is 16.6 Å². The Morgan fingerprint density at radius 1 is 1.65 bits per heavy atom. The van der Waals surface area contributed by atoms with Gasteiger partial charge in [-0.2, -0.15) is 0 Å². The van der Waals surface area contributed by atoms with Gasteiger partial charge in [-0.1, -0.05) is 0 Å². The predicted octanol–water partition coefficient (Wildman–Crippen LogP) is 2.34. The third-order valence-electron chi connectivity index (χ3n) is 3.64. The van der Waals surface area contributed by atoms with Gasteiger partial charge in [0, 0.05) is 12.6 Å². The van der Waals surface area contributed by atoms with Crippen molar-refractivity contribution in [2.75, 3.05) is 44.6 Å². The summed E-state index contributed by atoms with van der Waals surface area (Å²) in [7, 11) is 3.53. The number of nitrogens with zero attached hydrogens (tertiary/aromatic N) is 1. The minimum absolute atomic E-state index is 0.367. The number of likely N-dealkylation sites (N-methyl/N-ethyl adjacent to an activating group) is 1. The molecule has 1 atom stereocenters. The zero-order valence-corrected chi connectivity index (χ0v) is 13.7. The van der Waals surface area contributed by atoms with Crippen molar-refractivity contribution in [1.82, 2.24) is 4.90 Å². The van der Waals surface area contributed by atoms with Crippen molar-refractivity contribution in [3.63, 3.8) is 0 Å². The molecule has 0 radical (unpaired) electrons. The number of rotatable bonds is 5. The molecule has 1 aliphatic rings. The van der Waals surface area contributed by atoms with E-state index in [2.05, 4.69) is 17.3 Å². The highest BCUT2D eigenvalue weighted by atomic mass is 32.2. The first-order valence-electron chi connectivity index (χ1n) is 6.57. The number of carbonyl (C=O) groups excluding carboxylic acids is 1. The summed E-state index contributed by atoms with van der Waals surface area (Å²) in [6.07, 6.45) is 4.42. The topological polar surface area (TPSA) is 67.6 Å². The first kappa shape index (κ1) is 15.5. The highest BCUT2D eigenvalue weighted by molar-refractivity contribution is 7.99. The fourth-order valence-corrected chi connectivity index (χ4v) is 4.40. The van der Waals surface area contributed by atoms with Crippen molar-refractivity contribution >= 4 is 39.8 Å². The molecular formula is C13H21N3O2S2. The molecule has 0 spiro atoms. The second-order valence-electron chi connectivity index (χ2n) is 4.86. The van der Waals surface area contributed by atoms with Crippen molar-refractivity contribution in [2.24, 2.45) is 0 Å². The molecule has 1 aromatic heterocycles. The molecular weight excluding hydrogens is 294 g/mol. The fourth-order valence-electron chi connectivity index (χ4n) is 2.44. The lowest BCUT2D eigenvalue weighted by Crippen LogP contribution is -2.31. The van der Waals surface area contributed by atoms with E-state index in [0.717, 1.165) is 23.0 Å². The molecule has 0 amide bonds. The van der Waals surface area contributed by atoms with Crippen LogP contribution in [0.15, 0.2) is 4.90 Å². The van der Waals surface area contributed by atoms with E-state index in [-0.39, 0.29) is 5.97 Å². The average molecular weight is 315 g/mol. The number of carbonyl (C=O) groups is 1. The predicted molar refractivity (Wildman–Crippen MR) is 86.0 cm³/mol. The van der Waals surface area contributed by atoms with Crippen LogP contribution in [0.25, 0.3) is 0 Å². The Morgan fingerprint density at radius 2 is 2.40 bits per heavy atom. The number of thiophene rings is 1. The van der Waals surface area contributed by atoms with E-state index < -0.39 is 0 Å². The highest BCUT2D eigenvalue weighted by Crippen LogP contribution is 2.42. The Bertz CT molecular complexity index is 490. The van der Waals surface area contributed by atoms with Crippen LogP contribution in [-0.2, 0) is 4.74 Å². The third-order valence-corrected chi connectivity index (χ3v) is 5.75. The van der Waals surface area contributed by atoms with Crippen molar-refractivity contribution < 1.29 is 9.53 Å². The molecule has 20 heavy (non-hydrogen) atoms. The molecule has 5 nitrogen and oxygen atoms in total. The van der Waals surface area contributed by atoms with Crippen molar-refractivity contribution in [3.8, 4) is 0 Å². The number of nitrogens with one attached hydrogen (secondary N) is 1. The number of nitrogen functional groups attached to an aromatic ring is 1. The van der Waals surface area contributed by atoms with Gasteiger partial charge in [-0.3, -0.25) is 0 Å². The van der Waals surface area contributed by atoms with Gasteiger partial charge in [0.05, 0.1) is 17.7 Å². The first-order valence-corrected chi connectivity index (χ1v) is 8.61. The average Bonchev–Trinajstić information content (AvgIpc) is 2.99. The molecule has 3 N–H and O–H groups in total. The van der Waals surface area contributed by atoms with Crippen LogP contribution < -0.4 is 11.1 Å². The summed E-state index contributed by atoms with van der Waals surface area (Å²) in [4.78, 5) is 15.5. The molecule has 0 aromatic carbocycles. The number of methoxy groups -OCH3 is 1. The molecule has 7 heteroatoms. The maximum atomic E-state index is 11.7. The van der Waals surface area contributed by atoms with Crippen LogP contribution in [0.3, 0.4) is 0 Å². The molecule has 2 heterocycles. The molecule has 112 valence electrons. The van der Waals surface area contributed by atoms with Gasteiger partial charge in [0.15, 0.2) is 0 Å². The molecule has 0 saturated carbocycles. The molecule has 1 aliphatic heterocycles. The summed E-state index contributed by atoms with van der Waals surface area (Å²) in [6, 6.07) is 0.551. The second-order valence-corrected chi connectivity index (χ2v) is 6.69. The van der Waals surface area contributed by atoms with Crippen LogP contribution in [0.1, 0.15) is 22.5 Å². The molecule has 0 aliphatic carbocycles. The van der Waals surface area contributed by atoms with Crippen LogP contribution in [-0.4, -0.2) is 50.4 Å². The number of likely N-dealkylation sites (tertiary alicyclic amines) is 1. The van der Waals surface area contributed by atoms with E-state index in [1.165, 1.54) is 31.3 Å². The van der Waals surface area contributed by atoms with Gasteiger partial charge in [-0.25, -0.2) is 4.79 Å². The van der Waals surface area contributed by atoms with E-state index in [1.54, 1.807) is 11.8 Å². The van der Waals surface area contributed by atoms with Crippen LogP contribution in [0.2, 0.25) is 0 Å². The van der Waals surface area contributed by atoms with Crippen molar-refractivity contribution in [1.29, 1.82) is 0 Å². The van der Waals surface area contributed by atoms with Gasteiger partial charge < -0.3 is 20.7 Å². The Morgan fingerprint density at radius 3 is 2.95 bits per heavy atom. The minimum atomic E-state index is -0.367. The maximum absolute atomic E-state index is 11.7. The number of esters is 1.